The quantitative estimate of drug-likeness (QED) is 0.711. The lowest BCUT2D eigenvalue weighted by Crippen LogP contribution is -2.44. The summed E-state index contributed by atoms with van der Waals surface area (Å²) in [5, 5.41) is 4.10. The lowest BCUT2D eigenvalue weighted by molar-refractivity contribution is -0.132. The van der Waals surface area contributed by atoms with E-state index >= 15 is 0 Å². The van der Waals surface area contributed by atoms with E-state index in [4.69, 9.17) is 0 Å². The average Bonchev–Trinajstić information content (AvgIpc) is 3.03. The van der Waals surface area contributed by atoms with Crippen molar-refractivity contribution in [1.29, 1.82) is 0 Å². The second-order valence-corrected chi connectivity index (χ2v) is 8.53. The lowest BCUT2D eigenvalue weighted by Gasteiger charge is -2.29. The van der Waals surface area contributed by atoms with E-state index in [0.717, 1.165) is 18.5 Å². The van der Waals surface area contributed by atoms with Crippen molar-refractivity contribution in [3.05, 3.63) is 18.0 Å². The highest BCUT2D eigenvalue weighted by Crippen LogP contribution is 2.18. The lowest BCUT2D eigenvalue weighted by atomic mass is 10.2. The Kier molecular flexibility index (Phi) is 5.80. The second kappa shape index (κ2) is 7.44. The molecule has 0 aliphatic carbocycles. The number of carbonyl (C=O) groups is 1. The fraction of sp³-hybridized carbons (Fsp3) is 0.733. The summed E-state index contributed by atoms with van der Waals surface area (Å²) in [5.41, 5.74) is 0.980. The number of nitrogens with zero attached hydrogens (tertiary/aromatic N) is 4. The number of carbonyl (C=O) groups excluding carboxylic acids is 1. The number of amides is 1. The Morgan fingerprint density at radius 3 is 2.74 bits per heavy atom. The van der Waals surface area contributed by atoms with E-state index in [0.29, 0.717) is 13.0 Å². The van der Waals surface area contributed by atoms with Gasteiger partial charge in [0.05, 0.1) is 24.2 Å². The van der Waals surface area contributed by atoms with Gasteiger partial charge in [-0.2, -0.15) is 5.10 Å². The van der Waals surface area contributed by atoms with E-state index in [9.17, 15) is 13.2 Å². The summed E-state index contributed by atoms with van der Waals surface area (Å²) < 4.78 is 25.1. The molecular formula is C15H26N4O3S. The summed E-state index contributed by atoms with van der Waals surface area (Å²) in [6.45, 7) is 3.56. The summed E-state index contributed by atoms with van der Waals surface area (Å²) in [7, 11) is 0.673. The van der Waals surface area contributed by atoms with Crippen molar-refractivity contribution < 1.29 is 13.2 Å². The zero-order valence-electron chi connectivity index (χ0n) is 14.1. The minimum absolute atomic E-state index is 0.00611. The molecule has 1 atom stereocenters. The largest absolute Gasteiger partial charge is 0.340 e. The monoisotopic (exact) mass is 342 g/mol. The molecule has 2 heterocycles. The molecule has 2 rings (SSSR count). The van der Waals surface area contributed by atoms with Gasteiger partial charge in [-0.3, -0.25) is 14.4 Å². The molecule has 1 saturated heterocycles. The molecule has 0 N–H and O–H groups in total. The summed E-state index contributed by atoms with van der Waals surface area (Å²) in [6.07, 6.45) is 5.16. The van der Waals surface area contributed by atoms with Gasteiger partial charge in [-0.25, -0.2) is 8.42 Å². The van der Waals surface area contributed by atoms with E-state index in [1.807, 2.05) is 25.1 Å². The SMILES string of the molecule is CCCN(CC(=O)N(C)Cc1cnn(C)c1)C1CCS(=O)(=O)C1. The predicted octanol–water partition coefficient (Wildman–Crippen LogP) is 0.278. The maximum atomic E-state index is 12.5. The van der Waals surface area contributed by atoms with Crippen LogP contribution in [0.15, 0.2) is 12.4 Å². The van der Waals surface area contributed by atoms with Crippen LogP contribution in [0.1, 0.15) is 25.3 Å². The molecule has 0 radical (unpaired) electrons. The molecule has 1 aromatic rings. The van der Waals surface area contributed by atoms with E-state index in [2.05, 4.69) is 5.10 Å². The van der Waals surface area contributed by atoms with Crippen LogP contribution in [0.25, 0.3) is 0 Å². The topological polar surface area (TPSA) is 75.5 Å². The van der Waals surface area contributed by atoms with Crippen molar-refractivity contribution in [2.24, 2.45) is 7.05 Å². The van der Waals surface area contributed by atoms with Gasteiger partial charge in [0, 0.05) is 38.4 Å². The molecule has 1 amide bonds. The van der Waals surface area contributed by atoms with Crippen molar-refractivity contribution in [2.45, 2.75) is 32.4 Å². The molecular weight excluding hydrogens is 316 g/mol. The Labute approximate surface area is 138 Å². The maximum absolute atomic E-state index is 12.5. The van der Waals surface area contributed by atoms with E-state index in [1.165, 1.54) is 0 Å². The van der Waals surface area contributed by atoms with Gasteiger partial charge in [0.2, 0.25) is 5.91 Å². The van der Waals surface area contributed by atoms with E-state index in [1.54, 1.807) is 22.8 Å². The molecule has 1 unspecified atom stereocenters. The number of sulfone groups is 1. The molecule has 1 fully saturated rings. The highest BCUT2D eigenvalue weighted by atomic mass is 32.2. The smallest absolute Gasteiger partial charge is 0.236 e. The number of rotatable bonds is 7. The molecule has 0 saturated carbocycles. The van der Waals surface area contributed by atoms with Crippen molar-refractivity contribution in [3.8, 4) is 0 Å². The van der Waals surface area contributed by atoms with Crippen LogP contribution in [0.2, 0.25) is 0 Å². The summed E-state index contributed by atoms with van der Waals surface area (Å²) >= 11 is 0. The first-order chi connectivity index (χ1) is 10.8. The fourth-order valence-corrected chi connectivity index (χ4v) is 4.71. The standard InChI is InChI=1S/C15H26N4O3S/c1-4-6-19(14-5-7-23(21,22)12-14)11-15(20)17(2)9-13-8-16-18(3)10-13/h8,10,14H,4-7,9,11-12H2,1-3H3. The zero-order chi connectivity index (χ0) is 17.0. The first-order valence-corrected chi connectivity index (χ1v) is 9.79. The fourth-order valence-electron chi connectivity index (χ4n) is 2.95. The Bertz CT molecular complexity index is 641. The van der Waals surface area contributed by atoms with Gasteiger partial charge in [0.1, 0.15) is 0 Å². The normalized spacial score (nSPS) is 20.1. The van der Waals surface area contributed by atoms with Crippen LogP contribution < -0.4 is 0 Å². The van der Waals surface area contributed by atoms with E-state index < -0.39 is 9.84 Å². The third kappa shape index (κ3) is 5.04. The molecule has 7 nitrogen and oxygen atoms in total. The molecule has 130 valence electrons. The molecule has 0 spiro atoms. The summed E-state index contributed by atoms with van der Waals surface area (Å²) in [5.74, 6) is 0.413. The van der Waals surface area contributed by atoms with Crippen LogP contribution in [0.4, 0.5) is 0 Å². The third-order valence-electron chi connectivity index (χ3n) is 4.18. The molecule has 23 heavy (non-hydrogen) atoms. The summed E-state index contributed by atoms with van der Waals surface area (Å²) in [4.78, 5) is 16.2. The number of hydrogen-bond donors (Lipinski definition) is 0. The van der Waals surface area contributed by atoms with Gasteiger partial charge < -0.3 is 4.90 Å². The summed E-state index contributed by atoms with van der Waals surface area (Å²) in [6, 6.07) is -0.0318. The van der Waals surface area contributed by atoms with Crippen LogP contribution in [0, 0.1) is 0 Å². The Morgan fingerprint density at radius 1 is 1.48 bits per heavy atom. The van der Waals surface area contributed by atoms with Crippen molar-refractivity contribution >= 4 is 15.7 Å². The number of aromatic nitrogens is 2. The number of hydrogen-bond acceptors (Lipinski definition) is 5. The molecule has 0 bridgehead atoms. The molecule has 1 aromatic heterocycles. The van der Waals surface area contributed by atoms with Gasteiger partial charge in [-0.1, -0.05) is 6.92 Å². The Balaban J connectivity index is 1.94. The van der Waals surface area contributed by atoms with Crippen LogP contribution in [0.3, 0.4) is 0 Å². The average molecular weight is 342 g/mol. The molecule has 8 heteroatoms. The molecule has 1 aliphatic rings. The van der Waals surface area contributed by atoms with Gasteiger partial charge >= 0.3 is 0 Å². The Hall–Kier alpha value is -1.41. The van der Waals surface area contributed by atoms with Crippen LogP contribution in [0.5, 0.6) is 0 Å². The minimum Gasteiger partial charge on any atom is -0.340 e. The van der Waals surface area contributed by atoms with Crippen LogP contribution in [-0.2, 0) is 28.2 Å². The third-order valence-corrected chi connectivity index (χ3v) is 5.93. The van der Waals surface area contributed by atoms with Crippen molar-refractivity contribution in [2.75, 3.05) is 31.6 Å². The first kappa shape index (κ1) is 17.9. The van der Waals surface area contributed by atoms with E-state index in [-0.39, 0.29) is 30.0 Å². The van der Waals surface area contributed by atoms with Gasteiger partial charge in [0.25, 0.3) is 0 Å². The Morgan fingerprint density at radius 2 is 2.22 bits per heavy atom. The maximum Gasteiger partial charge on any atom is 0.236 e. The van der Waals surface area contributed by atoms with Crippen LogP contribution in [-0.4, -0.2) is 71.6 Å². The number of aryl methyl sites for hydroxylation is 1. The second-order valence-electron chi connectivity index (χ2n) is 6.30. The van der Waals surface area contributed by atoms with Gasteiger partial charge in [0.15, 0.2) is 9.84 Å². The molecule has 1 aliphatic heterocycles. The number of likely N-dealkylation sites (N-methyl/N-ethyl adjacent to an activating group) is 1. The highest BCUT2D eigenvalue weighted by Gasteiger charge is 2.33. The minimum atomic E-state index is -2.94. The first-order valence-electron chi connectivity index (χ1n) is 7.96. The van der Waals surface area contributed by atoms with Crippen molar-refractivity contribution in [3.63, 3.8) is 0 Å². The van der Waals surface area contributed by atoms with Crippen molar-refractivity contribution in [1.82, 2.24) is 19.6 Å². The molecule has 0 aromatic carbocycles. The van der Waals surface area contributed by atoms with Gasteiger partial charge in [-0.05, 0) is 19.4 Å². The van der Waals surface area contributed by atoms with Gasteiger partial charge in [-0.15, -0.1) is 0 Å². The van der Waals surface area contributed by atoms with Crippen LogP contribution >= 0.6 is 0 Å². The highest BCUT2D eigenvalue weighted by molar-refractivity contribution is 7.91. The predicted molar refractivity (Wildman–Crippen MR) is 88.6 cm³/mol. The zero-order valence-corrected chi connectivity index (χ0v) is 14.9.